The summed E-state index contributed by atoms with van der Waals surface area (Å²) in [7, 11) is 0. The van der Waals surface area contributed by atoms with Gasteiger partial charge >= 0.3 is 0 Å². The van der Waals surface area contributed by atoms with Gasteiger partial charge in [0.2, 0.25) is 0 Å². The quantitative estimate of drug-likeness (QED) is 0.814. The smallest absolute Gasteiger partial charge is 0.126 e. The van der Waals surface area contributed by atoms with Crippen LogP contribution in [0.5, 0.6) is 0 Å². The predicted octanol–water partition coefficient (Wildman–Crippen LogP) is 2.10. The number of aryl methyl sites for hydroxylation is 1. The number of hydrogen-bond donors (Lipinski definition) is 2. The number of aromatic nitrogens is 1. The van der Waals surface area contributed by atoms with E-state index < -0.39 is 0 Å². The Hall–Kier alpha value is -0.800. The molecule has 2 atom stereocenters. The number of nitrogens with one attached hydrogen (secondary N) is 1. The van der Waals surface area contributed by atoms with Crippen molar-refractivity contribution in [1.82, 2.24) is 4.98 Å². The second-order valence-corrected chi connectivity index (χ2v) is 4.07. The van der Waals surface area contributed by atoms with Crippen molar-refractivity contribution >= 4 is 18.2 Å². The molecule has 0 saturated heterocycles. The van der Waals surface area contributed by atoms with E-state index in [1.54, 1.807) is 0 Å². The Morgan fingerprint density at radius 3 is 2.73 bits per heavy atom. The van der Waals surface area contributed by atoms with Crippen LogP contribution < -0.4 is 11.1 Å². The van der Waals surface area contributed by atoms with Gasteiger partial charge in [-0.1, -0.05) is 6.07 Å². The Kier molecular flexibility index (Phi) is 4.36. The zero-order chi connectivity index (χ0) is 9.97. The first-order valence-electron chi connectivity index (χ1n) is 5.20. The van der Waals surface area contributed by atoms with Crippen LogP contribution in [-0.2, 0) is 0 Å². The Morgan fingerprint density at radius 2 is 2.20 bits per heavy atom. The number of nitrogens with zero attached hydrogens (tertiary/aromatic N) is 1. The lowest BCUT2D eigenvalue weighted by Gasteiger charge is -2.17. The number of nitrogens with two attached hydrogens (primary N) is 1. The summed E-state index contributed by atoms with van der Waals surface area (Å²) in [5.41, 5.74) is 7.15. The Morgan fingerprint density at radius 1 is 1.40 bits per heavy atom. The average Bonchev–Trinajstić information content (AvgIpc) is 2.56. The molecule has 84 valence electrons. The third-order valence-electron chi connectivity index (χ3n) is 2.81. The topological polar surface area (TPSA) is 50.9 Å². The first-order valence-corrected chi connectivity index (χ1v) is 5.20. The van der Waals surface area contributed by atoms with Crippen LogP contribution >= 0.6 is 12.4 Å². The molecule has 1 aliphatic carbocycles. The molecule has 0 aliphatic heterocycles. The van der Waals surface area contributed by atoms with Crippen LogP contribution in [0.3, 0.4) is 0 Å². The summed E-state index contributed by atoms with van der Waals surface area (Å²) in [5.74, 6) is 0.943. The van der Waals surface area contributed by atoms with E-state index in [1.807, 2.05) is 19.2 Å². The number of pyridine rings is 1. The molecule has 0 radical (unpaired) electrons. The van der Waals surface area contributed by atoms with Crippen molar-refractivity contribution in [2.45, 2.75) is 38.3 Å². The number of rotatable bonds is 2. The van der Waals surface area contributed by atoms with Gasteiger partial charge in [0.1, 0.15) is 5.82 Å². The van der Waals surface area contributed by atoms with Crippen LogP contribution in [0.4, 0.5) is 5.82 Å². The molecule has 1 aromatic heterocycles. The molecule has 1 aromatic rings. The number of anilines is 1. The normalized spacial score (nSPS) is 24.7. The standard InChI is InChI=1S/C11H17N3.ClH/c1-8-5-6-11(13-7-8)14-10-4-2-3-9(10)12;/h5-7,9-10H,2-4,12H2,1H3,(H,13,14);1H/t9-,10+;/m1./s1. The predicted molar refractivity (Wildman–Crippen MR) is 65.5 cm³/mol. The molecule has 0 bridgehead atoms. The van der Waals surface area contributed by atoms with Gasteiger partial charge in [-0.2, -0.15) is 0 Å². The molecular weight excluding hydrogens is 210 g/mol. The van der Waals surface area contributed by atoms with Crippen molar-refractivity contribution in [3.8, 4) is 0 Å². The van der Waals surface area contributed by atoms with Crippen LogP contribution in [0.15, 0.2) is 18.3 Å². The second kappa shape index (κ2) is 5.33. The highest BCUT2D eigenvalue weighted by molar-refractivity contribution is 5.85. The van der Waals surface area contributed by atoms with Gasteiger partial charge in [0.25, 0.3) is 0 Å². The fourth-order valence-electron chi connectivity index (χ4n) is 1.91. The van der Waals surface area contributed by atoms with E-state index in [2.05, 4.69) is 16.4 Å². The molecule has 3 nitrogen and oxygen atoms in total. The summed E-state index contributed by atoms with van der Waals surface area (Å²) < 4.78 is 0. The van der Waals surface area contributed by atoms with Gasteiger partial charge in [-0.3, -0.25) is 0 Å². The van der Waals surface area contributed by atoms with E-state index in [0.29, 0.717) is 6.04 Å². The van der Waals surface area contributed by atoms with Gasteiger partial charge in [0, 0.05) is 18.3 Å². The second-order valence-electron chi connectivity index (χ2n) is 4.07. The van der Waals surface area contributed by atoms with Crippen molar-refractivity contribution < 1.29 is 0 Å². The Labute approximate surface area is 96.9 Å². The van der Waals surface area contributed by atoms with Crippen LogP contribution in [0, 0.1) is 6.92 Å². The molecule has 4 heteroatoms. The van der Waals surface area contributed by atoms with E-state index in [4.69, 9.17) is 5.73 Å². The molecule has 2 rings (SSSR count). The average molecular weight is 228 g/mol. The summed E-state index contributed by atoms with van der Waals surface area (Å²) in [6.07, 6.45) is 5.40. The lowest BCUT2D eigenvalue weighted by Crippen LogP contribution is -2.35. The lowest BCUT2D eigenvalue weighted by molar-refractivity contribution is 0.635. The SMILES string of the molecule is Cc1ccc(N[C@H]2CCC[C@H]2N)nc1.Cl. The third-order valence-corrected chi connectivity index (χ3v) is 2.81. The first kappa shape index (κ1) is 12.3. The van der Waals surface area contributed by atoms with Gasteiger partial charge in [-0.25, -0.2) is 4.98 Å². The molecule has 3 N–H and O–H groups in total. The Bertz CT molecular complexity index is 299. The molecule has 0 aromatic carbocycles. The fourth-order valence-corrected chi connectivity index (χ4v) is 1.91. The molecule has 1 fully saturated rings. The number of hydrogen-bond acceptors (Lipinski definition) is 3. The third kappa shape index (κ3) is 3.08. The minimum atomic E-state index is 0. The van der Waals surface area contributed by atoms with Crippen molar-refractivity contribution in [2.75, 3.05) is 5.32 Å². The monoisotopic (exact) mass is 227 g/mol. The highest BCUT2D eigenvalue weighted by Crippen LogP contribution is 2.20. The van der Waals surface area contributed by atoms with Gasteiger partial charge in [-0.05, 0) is 37.8 Å². The molecule has 1 heterocycles. The zero-order valence-electron chi connectivity index (χ0n) is 8.94. The van der Waals surface area contributed by atoms with Gasteiger partial charge in [0.05, 0.1) is 0 Å². The molecule has 1 saturated carbocycles. The number of halogens is 1. The van der Waals surface area contributed by atoms with Crippen LogP contribution in [-0.4, -0.2) is 17.1 Å². The summed E-state index contributed by atoms with van der Waals surface area (Å²) in [4.78, 5) is 4.31. The van der Waals surface area contributed by atoms with Crippen molar-refractivity contribution in [3.63, 3.8) is 0 Å². The molecule has 0 unspecified atom stereocenters. The lowest BCUT2D eigenvalue weighted by atomic mass is 10.2. The Balaban J connectivity index is 0.00000112. The molecule has 15 heavy (non-hydrogen) atoms. The van der Waals surface area contributed by atoms with Gasteiger partial charge < -0.3 is 11.1 Å². The maximum Gasteiger partial charge on any atom is 0.126 e. The summed E-state index contributed by atoms with van der Waals surface area (Å²) in [6, 6.07) is 4.78. The van der Waals surface area contributed by atoms with Crippen LogP contribution in [0.1, 0.15) is 24.8 Å². The van der Waals surface area contributed by atoms with Gasteiger partial charge in [0.15, 0.2) is 0 Å². The minimum Gasteiger partial charge on any atom is -0.366 e. The van der Waals surface area contributed by atoms with Crippen molar-refractivity contribution in [2.24, 2.45) is 5.73 Å². The molecular formula is C11H18ClN3. The van der Waals surface area contributed by atoms with E-state index in [9.17, 15) is 0 Å². The van der Waals surface area contributed by atoms with E-state index in [1.165, 1.54) is 12.0 Å². The molecule has 1 aliphatic rings. The maximum absolute atomic E-state index is 5.97. The highest BCUT2D eigenvalue weighted by Gasteiger charge is 2.23. The van der Waals surface area contributed by atoms with Crippen molar-refractivity contribution in [3.05, 3.63) is 23.9 Å². The van der Waals surface area contributed by atoms with Crippen molar-refractivity contribution in [1.29, 1.82) is 0 Å². The summed E-state index contributed by atoms with van der Waals surface area (Å²) >= 11 is 0. The first-order chi connectivity index (χ1) is 6.75. The minimum absolute atomic E-state index is 0. The largest absolute Gasteiger partial charge is 0.366 e. The molecule has 0 amide bonds. The molecule has 0 spiro atoms. The zero-order valence-corrected chi connectivity index (χ0v) is 9.76. The van der Waals surface area contributed by atoms with Crippen LogP contribution in [0.2, 0.25) is 0 Å². The summed E-state index contributed by atoms with van der Waals surface area (Å²) in [5, 5.41) is 3.38. The summed E-state index contributed by atoms with van der Waals surface area (Å²) in [6.45, 7) is 2.04. The van der Waals surface area contributed by atoms with Crippen LogP contribution in [0.25, 0.3) is 0 Å². The van der Waals surface area contributed by atoms with Gasteiger partial charge in [-0.15, -0.1) is 12.4 Å². The fraction of sp³-hybridized carbons (Fsp3) is 0.545. The van der Waals surface area contributed by atoms with E-state index in [-0.39, 0.29) is 18.4 Å². The van der Waals surface area contributed by atoms with E-state index >= 15 is 0 Å². The van der Waals surface area contributed by atoms with E-state index in [0.717, 1.165) is 18.7 Å². The maximum atomic E-state index is 5.97. The highest BCUT2D eigenvalue weighted by atomic mass is 35.5.